The Bertz CT molecular complexity index is 815. The molecule has 0 aliphatic carbocycles. The Balaban J connectivity index is 2.02. The smallest absolute Gasteiger partial charge is 0.395 e. The van der Waals surface area contributed by atoms with Gasteiger partial charge in [-0.15, -0.1) is 0 Å². The van der Waals surface area contributed by atoms with Crippen LogP contribution in [0, 0.1) is 10.1 Å². The zero-order valence-electron chi connectivity index (χ0n) is 15.3. The molecule has 10 heteroatoms. The molecule has 10 nitrogen and oxygen atoms in total. The van der Waals surface area contributed by atoms with Crippen molar-refractivity contribution < 1.29 is 18.9 Å². The number of carbonyl (C=O) groups excluding carboxylic acids is 2. The lowest BCUT2D eigenvalue weighted by Gasteiger charge is -2.23. The van der Waals surface area contributed by atoms with Crippen LogP contribution in [0.1, 0.15) is 17.5 Å². The molecule has 0 spiro atoms. The van der Waals surface area contributed by atoms with Gasteiger partial charge >= 0.3 is 5.88 Å². The predicted molar refractivity (Wildman–Crippen MR) is 99.5 cm³/mol. The van der Waals surface area contributed by atoms with Gasteiger partial charge in [-0.05, 0) is 44.4 Å². The molecule has 1 heterocycles. The van der Waals surface area contributed by atoms with Crippen LogP contribution in [0.15, 0.2) is 40.8 Å². The SMILES string of the molecule is CC(=O)N(NCCN(C)C)c1ccc(NC(=O)c2ccc([N+](=O)[O-])o2)cc1. The van der Waals surface area contributed by atoms with Crippen molar-refractivity contribution in [1.29, 1.82) is 0 Å². The minimum atomic E-state index is -0.717. The van der Waals surface area contributed by atoms with Crippen molar-refractivity contribution in [3.63, 3.8) is 0 Å². The Morgan fingerprint density at radius 2 is 1.81 bits per heavy atom. The van der Waals surface area contributed by atoms with Gasteiger partial charge in [0, 0.05) is 25.7 Å². The van der Waals surface area contributed by atoms with Crippen LogP contribution in [-0.4, -0.2) is 48.8 Å². The monoisotopic (exact) mass is 375 g/mol. The molecule has 0 unspecified atom stereocenters. The van der Waals surface area contributed by atoms with Crippen LogP contribution in [0.5, 0.6) is 0 Å². The molecule has 0 atom stereocenters. The standard InChI is InChI=1S/C17H21N5O5/c1-12(23)21(18-10-11-20(2)3)14-6-4-13(5-7-14)19-17(24)15-8-9-16(27-15)22(25)26/h4-9,18H,10-11H2,1-3H3,(H,19,24). The van der Waals surface area contributed by atoms with Crippen molar-refractivity contribution in [3.8, 4) is 0 Å². The summed E-state index contributed by atoms with van der Waals surface area (Å²) >= 11 is 0. The largest absolute Gasteiger partial charge is 0.433 e. The van der Waals surface area contributed by atoms with Gasteiger partial charge in [0.2, 0.25) is 5.91 Å². The van der Waals surface area contributed by atoms with Gasteiger partial charge < -0.3 is 14.6 Å². The molecule has 2 N–H and O–H groups in total. The molecule has 2 amide bonds. The third-order valence-electron chi connectivity index (χ3n) is 3.52. The number of benzene rings is 1. The number of furan rings is 1. The predicted octanol–water partition coefficient (Wildman–Crippen LogP) is 1.86. The van der Waals surface area contributed by atoms with E-state index in [4.69, 9.17) is 4.42 Å². The maximum atomic E-state index is 12.1. The maximum Gasteiger partial charge on any atom is 0.433 e. The molecule has 0 aliphatic heterocycles. The molecule has 0 aliphatic rings. The number of nitro groups is 1. The molecule has 0 radical (unpaired) electrons. The number of likely N-dealkylation sites (N-methyl/N-ethyl adjacent to an activating group) is 1. The molecule has 0 saturated heterocycles. The number of carbonyl (C=O) groups is 2. The van der Waals surface area contributed by atoms with Crippen LogP contribution < -0.4 is 15.8 Å². The molecule has 0 bridgehead atoms. The van der Waals surface area contributed by atoms with Crippen LogP contribution in [0.2, 0.25) is 0 Å². The molecule has 27 heavy (non-hydrogen) atoms. The fourth-order valence-electron chi connectivity index (χ4n) is 2.20. The normalized spacial score (nSPS) is 10.7. The summed E-state index contributed by atoms with van der Waals surface area (Å²) in [5.41, 5.74) is 4.12. The maximum absolute atomic E-state index is 12.1. The van der Waals surface area contributed by atoms with E-state index in [0.717, 1.165) is 12.6 Å². The van der Waals surface area contributed by atoms with E-state index < -0.39 is 16.7 Å². The summed E-state index contributed by atoms with van der Waals surface area (Å²) in [6, 6.07) is 8.92. The van der Waals surface area contributed by atoms with Gasteiger partial charge in [0.25, 0.3) is 5.91 Å². The third kappa shape index (κ3) is 5.62. The summed E-state index contributed by atoms with van der Waals surface area (Å²) < 4.78 is 4.86. The summed E-state index contributed by atoms with van der Waals surface area (Å²) in [6.45, 7) is 2.79. The Morgan fingerprint density at radius 1 is 1.15 bits per heavy atom. The Hall–Kier alpha value is -3.24. The molecular weight excluding hydrogens is 354 g/mol. The number of hydrogen-bond acceptors (Lipinski definition) is 7. The molecule has 0 saturated carbocycles. The molecule has 2 rings (SSSR count). The molecule has 1 aromatic heterocycles. The van der Waals surface area contributed by atoms with E-state index in [1.54, 1.807) is 24.3 Å². The zero-order chi connectivity index (χ0) is 20.0. The van der Waals surface area contributed by atoms with Crippen molar-refractivity contribution >= 4 is 29.1 Å². The van der Waals surface area contributed by atoms with Crippen molar-refractivity contribution in [2.45, 2.75) is 6.92 Å². The summed E-state index contributed by atoms with van der Waals surface area (Å²) in [5.74, 6) is -1.45. The number of anilines is 2. The molecule has 144 valence electrons. The van der Waals surface area contributed by atoms with E-state index in [1.165, 1.54) is 18.0 Å². The first-order valence-corrected chi connectivity index (χ1v) is 8.12. The first-order chi connectivity index (χ1) is 12.8. The topological polar surface area (TPSA) is 121 Å². The number of amides is 2. The quantitative estimate of drug-likeness (QED) is 0.533. The van der Waals surface area contributed by atoms with Gasteiger partial charge in [0.15, 0.2) is 5.76 Å². The van der Waals surface area contributed by atoms with Gasteiger partial charge in [-0.25, -0.2) is 10.4 Å². The first-order valence-electron chi connectivity index (χ1n) is 8.12. The second-order valence-corrected chi connectivity index (χ2v) is 5.96. The number of hydrogen-bond donors (Lipinski definition) is 2. The van der Waals surface area contributed by atoms with Crippen LogP contribution in [0.4, 0.5) is 17.3 Å². The molecule has 0 fully saturated rings. The summed E-state index contributed by atoms with van der Waals surface area (Å²) in [7, 11) is 3.87. The first kappa shape index (κ1) is 20.1. The minimum Gasteiger partial charge on any atom is -0.395 e. The van der Waals surface area contributed by atoms with Crippen LogP contribution >= 0.6 is 0 Å². The van der Waals surface area contributed by atoms with E-state index in [1.807, 2.05) is 19.0 Å². The van der Waals surface area contributed by atoms with Crippen LogP contribution in [0.3, 0.4) is 0 Å². The summed E-state index contributed by atoms with van der Waals surface area (Å²) in [4.78, 5) is 35.8. The lowest BCUT2D eigenvalue weighted by molar-refractivity contribution is -0.402. The summed E-state index contributed by atoms with van der Waals surface area (Å²) in [6.07, 6.45) is 0. The highest BCUT2D eigenvalue weighted by Crippen LogP contribution is 2.20. The Labute approximate surface area is 155 Å². The number of hydrazine groups is 1. The van der Waals surface area contributed by atoms with Gasteiger partial charge in [-0.1, -0.05) is 0 Å². The second kappa shape index (κ2) is 8.92. The van der Waals surface area contributed by atoms with Gasteiger partial charge in [-0.2, -0.15) is 0 Å². The zero-order valence-corrected chi connectivity index (χ0v) is 15.3. The van der Waals surface area contributed by atoms with Gasteiger partial charge in [0.05, 0.1) is 11.8 Å². The van der Waals surface area contributed by atoms with Crippen molar-refractivity contribution in [2.24, 2.45) is 0 Å². The van der Waals surface area contributed by atoms with Crippen LogP contribution in [-0.2, 0) is 4.79 Å². The minimum absolute atomic E-state index is 0.165. The number of nitrogens with one attached hydrogen (secondary N) is 2. The van der Waals surface area contributed by atoms with Gasteiger partial charge in [-0.3, -0.25) is 19.7 Å². The van der Waals surface area contributed by atoms with E-state index in [0.29, 0.717) is 17.9 Å². The van der Waals surface area contributed by atoms with E-state index >= 15 is 0 Å². The van der Waals surface area contributed by atoms with Gasteiger partial charge in [0.1, 0.15) is 4.92 Å². The lowest BCUT2D eigenvalue weighted by atomic mass is 10.2. The Kier molecular flexibility index (Phi) is 6.63. The summed E-state index contributed by atoms with van der Waals surface area (Å²) in [5, 5.41) is 14.6. The lowest BCUT2D eigenvalue weighted by Crippen LogP contribution is -2.44. The van der Waals surface area contributed by atoms with Crippen molar-refractivity contribution in [3.05, 3.63) is 52.3 Å². The molecule has 1 aromatic carbocycles. The van der Waals surface area contributed by atoms with Crippen molar-refractivity contribution in [2.75, 3.05) is 37.5 Å². The van der Waals surface area contributed by atoms with E-state index in [2.05, 4.69) is 10.7 Å². The number of nitrogens with zero attached hydrogens (tertiary/aromatic N) is 3. The fourth-order valence-corrected chi connectivity index (χ4v) is 2.20. The second-order valence-electron chi connectivity index (χ2n) is 5.96. The highest BCUT2D eigenvalue weighted by Gasteiger charge is 2.17. The highest BCUT2D eigenvalue weighted by molar-refractivity contribution is 6.02. The molecular formula is C17H21N5O5. The molecule has 2 aromatic rings. The average Bonchev–Trinajstić information content (AvgIpc) is 3.10. The third-order valence-corrected chi connectivity index (χ3v) is 3.52. The van der Waals surface area contributed by atoms with Crippen LogP contribution in [0.25, 0.3) is 0 Å². The fraction of sp³-hybridized carbons (Fsp3) is 0.294. The van der Waals surface area contributed by atoms with E-state index in [9.17, 15) is 19.7 Å². The Morgan fingerprint density at radius 3 is 2.33 bits per heavy atom. The number of rotatable bonds is 8. The highest BCUT2D eigenvalue weighted by atomic mass is 16.6. The van der Waals surface area contributed by atoms with E-state index in [-0.39, 0.29) is 11.7 Å². The van der Waals surface area contributed by atoms with Crippen molar-refractivity contribution in [1.82, 2.24) is 10.3 Å². The average molecular weight is 375 g/mol.